The predicted molar refractivity (Wildman–Crippen MR) is 93.6 cm³/mol. The first kappa shape index (κ1) is 18.0. The highest BCUT2D eigenvalue weighted by molar-refractivity contribution is 7.17. The van der Waals surface area contributed by atoms with E-state index in [2.05, 4.69) is 10.6 Å². The Kier molecular flexibility index (Phi) is 5.94. The Bertz CT molecular complexity index is 758. The minimum Gasteiger partial charge on any atom is -0.448 e. The van der Waals surface area contributed by atoms with Crippen LogP contribution in [0.4, 0.5) is 11.4 Å². The van der Waals surface area contributed by atoms with E-state index in [0.717, 1.165) is 11.3 Å². The summed E-state index contributed by atoms with van der Waals surface area (Å²) < 4.78 is 5.57. The third-order valence-electron chi connectivity index (χ3n) is 2.90. The summed E-state index contributed by atoms with van der Waals surface area (Å²) in [5, 5.41) is 5.26. The number of thiophene rings is 1. The number of nitrogens with one attached hydrogen (secondary N) is 2. The molecule has 0 spiro atoms. The minimum absolute atomic E-state index is 0.180. The maximum Gasteiger partial charge on any atom is 0.349 e. The quantitative estimate of drug-likeness (QED) is 0.792. The number of ether oxygens (including phenoxy) is 1. The molecule has 24 heavy (non-hydrogen) atoms. The number of amides is 2. The van der Waals surface area contributed by atoms with Gasteiger partial charge >= 0.3 is 5.97 Å². The number of hydrogen-bond donors (Lipinski definition) is 2. The first-order valence-electron chi connectivity index (χ1n) is 7.00. The number of carbonyl (C=O) groups excluding carboxylic acids is 3. The molecule has 2 aromatic rings. The van der Waals surface area contributed by atoms with E-state index < -0.39 is 18.0 Å². The third kappa shape index (κ3) is 5.07. The lowest BCUT2D eigenvalue weighted by atomic mass is 10.2. The molecule has 0 aliphatic heterocycles. The lowest BCUT2D eigenvalue weighted by Crippen LogP contribution is -2.29. The molecule has 0 fully saturated rings. The van der Waals surface area contributed by atoms with Gasteiger partial charge < -0.3 is 15.4 Å². The highest BCUT2D eigenvalue weighted by Crippen LogP contribution is 2.22. The Hall–Kier alpha value is -2.38. The van der Waals surface area contributed by atoms with Crippen LogP contribution in [-0.2, 0) is 14.3 Å². The van der Waals surface area contributed by atoms with Crippen molar-refractivity contribution in [3.63, 3.8) is 0 Å². The largest absolute Gasteiger partial charge is 0.448 e. The molecule has 6 nitrogen and oxygen atoms in total. The molecule has 1 heterocycles. The van der Waals surface area contributed by atoms with Crippen LogP contribution in [0.5, 0.6) is 0 Å². The van der Waals surface area contributed by atoms with Crippen LogP contribution in [0.3, 0.4) is 0 Å². The van der Waals surface area contributed by atoms with Crippen LogP contribution in [-0.4, -0.2) is 23.9 Å². The summed E-state index contributed by atoms with van der Waals surface area (Å²) in [5.74, 6) is -1.24. The van der Waals surface area contributed by atoms with Crippen molar-refractivity contribution < 1.29 is 19.1 Å². The lowest BCUT2D eigenvalue weighted by molar-refractivity contribution is -0.123. The molecule has 8 heteroatoms. The molecule has 0 radical (unpaired) electrons. The Morgan fingerprint density at radius 2 is 1.62 bits per heavy atom. The SMILES string of the molecule is CC(=O)Nc1ccc(NC(=O)[C@H](C)OC(=O)c2ccc(Cl)s2)cc1. The van der Waals surface area contributed by atoms with Gasteiger partial charge in [0.2, 0.25) is 5.91 Å². The molecule has 0 saturated heterocycles. The highest BCUT2D eigenvalue weighted by Gasteiger charge is 2.20. The Morgan fingerprint density at radius 3 is 2.12 bits per heavy atom. The van der Waals surface area contributed by atoms with E-state index in [1.165, 1.54) is 13.8 Å². The van der Waals surface area contributed by atoms with Crippen molar-refractivity contribution in [1.29, 1.82) is 0 Å². The summed E-state index contributed by atoms with van der Waals surface area (Å²) >= 11 is 6.84. The zero-order valence-corrected chi connectivity index (χ0v) is 14.5. The van der Waals surface area contributed by atoms with Crippen LogP contribution in [0.25, 0.3) is 0 Å². The fourth-order valence-electron chi connectivity index (χ4n) is 1.78. The molecule has 0 saturated carbocycles. The van der Waals surface area contributed by atoms with Crippen LogP contribution in [0.2, 0.25) is 4.34 Å². The topological polar surface area (TPSA) is 84.5 Å². The van der Waals surface area contributed by atoms with E-state index in [1.807, 2.05) is 0 Å². The van der Waals surface area contributed by atoms with Gasteiger partial charge in [0.1, 0.15) is 4.88 Å². The average molecular weight is 367 g/mol. The molecule has 0 aliphatic rings. The molecule has 1 aromatic heterocycles. The number of anilines is 2. The number of halogens is 1. The summed E-state index contributed by atoms with van der Waals surface area (Å²) in [7, 11) is 0. The fraction of sp³-hybridized carbons (Fsp3) is 0.188. The van der Waals surface area contributed by atoms with E-state index in [-0.39, 0.29) is 5.91 Å². The summed E-state index contributed by atoms with van der Waals surface area (Å²) in [6.45, 7) is 2.89. The van der Waals surface area contributed by atoms with Crippen molar-refractivity contribution in [3.05, 3.63) is 45.6 Å². The molecular formula is C16H15ClN2O4S. The van der Waals surface area contributed by atoms with Gasteiger partial charge in [-0.2, -0.15) is 0 Å². The van der Waals surface area contributed by atoms with Crippen LogP contribution >= 0.6 is 22.9 Å². The zero-order chi connectivity index (χ0) is 17.7. The van der Waals surface area contributed by atoms with E-state index in [1.54, 1.807) is 36.4 Å². The van der Waals surface area contributed by atoms with Gasteiger partial charge in [-0.1, -0.05) is 11.6 Å². The molecule has 2 amide bonds. The van der Waals surface area contributed by atoms with E-state index >= 15 is 0 Å². The molecule has 0 bridgehead atoms. The van der Waals surface area contributed by atoms with Gasteiger partial charge in [0.05, 0.1) is 4.34 Å². The molecule has 2 N–H and O–H groups in total. The molecule has 0 unspecified atom stereocenters. The second-order valence-electron chi connectivity index (χ2n) is 4.90. The standard InChI is InChI=1S/C16H15ClN2O4S/c1-9(23-16(22)13-7-8-14(17)24-13)15(21)19-12-5-3-11(4-6-12)18-10(2)20/h3-9H,1-2H3,(H,18,20)(H,19,21)/t9-/m0/s1. The minimum atomic E-state index is -0.964. The van der Waals surface area contributed by atoms with Gasteiger partial charge in [0.25, 0.3) is 5.91 Å². The lowest BCUT2D eigenvalue weighted by Gasteiger charge is -2.13. The predicted octanol–water partition coefficient (Wildman–Crippen LogP) is 3.54. The second kappa shape index (κ2) is 7.94. The van der Waals surface area contributed by atoms with Gasteiger partial charge in [0.15, 0.2) is 6.10 Å². The number of carbonyl (C=O) groups is 3. The van der Waals surface area contributed by atoms with Crippen LogP contribution in [0.1, 0.15) is 23.5 Å². The van der Waals surface area contributed by atoms with Crippen molar-refractivity contribution >= 4 is 52.1 Å². The van der Waals surface area contributed by atoms with Gasteiger partial charge in [-0.3, -0.25) is 9.59 Å². The fourth-order valence-corrected chi connectivity index (χ4v) is 2.71. The third-order valence-corrected chi connectivity index (χ3v) is 4.11. The molecular weight excluding hydrogens is 352 g/mol. The van der Waals surface area contributed by atoms with E-state index in [9.17, 15) is 14.4 Å². The number of rotatable bonds is 5. The molecule has 0 aliphatic carbocycles. The first-order valence-corrected chi connectivity index (χ1v) is 8.19. The summed E-state index contributed by atoms with van der Waals surface area (Å²) in [5.41, 5.74) is 1.14. The van der Waals surface area contributed by atoms with Gasteiger partial charge in [-0.25, -0.2) is 4.79 Å². The van der Waals surface area contributed by atoms with Crippen LogP contribution < -0.4 is 10.6 Å². The molecule has 126 valence electrons. The molecule has 1 aromatic carbocycles. The van der Waals surface area contributed by atoms with Crippen molar-refractivity contribution in [2.24, 2.45) is 0 Å². The Labute approximate surface area is 147 Å². The van der Waals surface area contributed by atoms with Gasteiger partial charge in [0, 0.05) is 18.3 Å². The number of benzene rings is 1. The van der Waals surface area contributed by atoms with Crippen molar-refractivity contribution in [1.82, 2.24) is 0 Å². The summed E-state index contributed by atoms with van der Waals surface area (Å²) in [6, 6.07) is 9.71. The average Bonchev–Trinajstić information content (AvgIpc) is 2.95. The first-order chi connectivity index (χ1) is 11.3. The zero-order valence-electron chi connectivity index (χ0n) is 13.0. The van der Waals surface area contributed by atoms with Crippen molar-refractivity contribution in [2.45, 2.75) is 20.0 Å². The second-order valence-corrected chi connectivity index (χ2v) is 6.61. The summed E-state index contributed by atoms with van der Waals surface area (Å²) in [4.78, 5) is 35.2. The normalized spacial score (nSPS) is 11.5. The number of esters is 1. The van der Waals surface area contributed by atoms with Crippen molar-refractivity contribution in [2.75, 3.05) is 10.6 Å². The Morgan fingerprint density at radius 1 is 1.04 bits per heavy atom. The maximum atomic E-state index is 12.1. The van der Waals surface area contributed by atoms with Crippen LogP contribution in [0.15, 0.2) is 36.4 Å². The van der Waals surface area contributed by atoms with Gasteiger partial charge in [-0.05, 0) is 43.3 Å². The number of hydrogen-bond acceptors (Lipinski definition) is 5. The molecule has 1 atom stereocenters. The van der Waals surface area contributed by atoms with Crippen LogP contribution in [0, 0.1) is 0 Å². The molecule has 2 rings (SSSR count). The van der Waals surface area contributed by atoms with E-state index in [4.69, 9.17) is 16.3 Å². The Balaban J connectivity index is 1.91. The van der Waals surface area contributed by atoms with E-state index in [0.29, 0.717) is 20.6 Å². The van der Waals surface area contributed by atoms with Gasteiger partial charge in [-0.15, -0.1) is 11.3 Å². The monoisotopic (exact) mass is 366 g/mol. The summed E-state index contributed by atoms with van der Waals surface area (Å²) in [6.07, 6.45) is -0.964. The van der Waals surface area contributed by atoms with Crippen molar-refractivity contribution in [3.8, 4) is 0 Å². The smallest absolute Gasteiger partial charge is 0.349 e. The maximum absolute atomic E-state index is 12.1. The highest BCUT2D eigenvalue weighted by atomic mass is 35.5.